The molecule has 3 unspecified atom stereocenters. The standard InChI is InChI=1S/C34H64O4/c1-4-6-8-10-12-14-15-17-19-21-23-27-30(26-22-20-18-16-13-11-9-7-5-2)38-33(37)34(3)29-25-24-28-31(34)32(35)36/h30-31H,4-29H2,1-3H3,(H,35,36). The second-order valence-corrected chi connectivity index (χ2v) is 12.5. The van der Waals surface area contributed by atoms with E-state index in [9.17, 15) is 14.7 Å². The normalized spacial score (nSPS) is 20.3. The Kier molecular flexibility index (Phi) is 20.9. The number of carbonyl (C=O) groups excluding carboxylic acids is 1. The van der Waals surface area contributed by atoms with E-state index in [4.69, 9.17) is 4.74 Å². The Bertz CT molecular complexity index is 589. The molecule has 1 saturated carbocycles. The number of carboxylic acid groups (broad SMARTS) is 1. The SMILES string of the molecule is CCCCCCCCCCCCCC(CCCCCCCCCCC)OC(=O)C1(C)CCCCC1C(=O)O. The summed E-state index contributed by atoms with van der Waals surface area (Å²) in [6.07, 6.45) is 30.9. The average Bonchev–Trinajstić information content (AvgIpc) is 2.90. The van der Waals surface area contributed by atoms with Crippen LogP contribution in [0.4, 0.5) is 0 Å². The van der Waals surface area contributed by atoms with Gasteiger partial charge in [-0.15, -0.1) is 0 Å². The molecule has 38 heavy (non-hydrogen) atoms. The number of aliphatic carboxylic acids is 1. The van der Waals surface area contributed by atoms with E-state index in [0.29, 0.717) is 12.8 Å². The van der Waals surface area contributed by atoms with E-state index < -0.39 is 17.3 Å². The third-order valence-electron chi connectivity index (χ3n) is 9.01. The van der Waals surface area contributed by atoms with Gasteiger partial charge in [0.15, 0.2) is 0 Å². The van der Waals surface area contributed by atoms with Gasteiger partial charge in [0.25, 0.3) is 0 Å². The summed E-state index contributed by atoms with van der Waals surface area (Å²) in [7, 11) is 0. The van der Waals surface area contributed by atoms with E-state index in [1.807, 2.05) is 6.92 Å². The van der Waals surface area contributed by atoms with E-state index in [1.165, 1.54) is 116 Å². The van der Waals surface area contributed by atoms with Crippen molar-refractivity contribution in [3.8, 4) is 0 Å². The van der Waals surface area contributed by atoms with Crippen molar-refractivity contribution in [1.82, 2.24) is 0 Å². The van der Waals surface area contributed by atoms with E-state index in [1.54, 1.807) is 0 Å². The van der Waals surface area contributed by atoms with Gasteiger partial charge in [-0.05, 0) is 45.4 Å². The molecule has 3 atom stereocenters. The second-order valence-electron chi connectivity index (χ2n) is 12.5. The number of rotatable bonds is 25. The van der Waals surface area contributed by atoms with Gasteiger partial charge in [-0.1, -0.05) is 142 Å². The summed E-state index contributed by atoms with van der Waals surface area (Å²) in [5.41, 5.74) is -0.877. The summed E-state index contributed by atoms with van der Waals surface area (Å²) in [4.78, 5) is 25.2. The van der Waals surface area contributed by atoms with Crippen LogP contribution in [0.5, 0.6) is 0 Å². The summed E-state index contributed by atoms with van der Waals surface area (Å²) in [6.45, 7) is 6.37. The monoisotopic (exact) mass is 536 g/mol. The summed E-state index contributed by atoms with van der Waals surface area (Å²) in [5, 5.41) is 9.76. The fraction of sp³-hybridized carbons (Fsp3) is 0.941. The van der Waals surface area contributed by atoms with Gasteiger partial charge in [0.1, 0.15) is 6.10 Å². The quantitative estimate of drug-likeness (QED) is 0.0930. The molecule has 0 aromatic rings. The van der Waals surface area contributed by atoms with Gasteiger partial charge < -0.3 is 9.84 Å². The lowest BCUT2D eigenvalue weighted by molar-refractivity contribution is -0.174. The first-order chi connectivity index (χ1) is 18.5. The first-order valence-electron chi connectivity index (χ1n) is 16.9. The molecule has 0 heterocycles. The highest BCUT2D eigenvalue weighted by molar-refractivity contribution is 5.84. The number of carboxylic acids is 1. The van der Waals surface area contributed by atoms with Crippen molar-refractivity contribution in [2.45, 2.75) is 194 Å². The lowest BCUT2D eigenvalue weighted by Crippen LogP contribution is -2.44. The maximum absolute atomic E-state index is 13.3. The molecule has 1 aliphatic rings. The summed E-state index contributed by atoms with van der Waals surface area (Å²) in [6, 6.07) is 0. The van der Waals surface area contributed by atoms with Crippen LogP contribution >= 0.6 is 0 Å². The van der Waals surface area contributed by atoms with Crippen molar-refractivity contribution in [1.29, 1.82) is 0 Å². The number of hydrogen-bond acceptors (Lipinski definition) is 3. The maximum atomic E-state index is 13.3. The molecule has 0 radical (unpaired) electrons. The van der Waals surface area contributed by atoms with Crippen molar-refractivity contribution < 1.29 is 19.4 Å². The van der Waals surface area contributed by atoms with E-state index in [2.05, 4.69) is 13.8 Å². The Morgan fingerprint density at radius 3 is 1.47 bits per heavy atom. The Labute approximate surface area is 236 Å². The van der Waals surface area contributed by atoms with Gasteiger partial charge in [0.05, 0.1) is 11.3 Å². The molecule has 0 aliphatic heterocycles. The van der Waals surface area contributed by atoms with Gasteiger partial charge in [-0.3, -0.25) is 9.59 Å². The molecule has 0 aromatic heterocycles. The summed E-state index contributed by atoms with van der Waals surface area (Å²) in [5.74, 6) is -1.71. The minimum absolute atomic E-state index is 0.0567. The van der Waals surface area contributed by atoms with Crippen LogP contribution < -0.4 is 0 Å². The van der Waals surface area contributed by atoms with Crippen molar-refractivity contribution in [2.24, 2.45) is 11.3 Å². The molecule has 4 heteroatoms. The fourth-order valence-corrected chi connectivity index (χ4v) is 6.24. The van der Waals surface area contributed by atoms with E-state index in [-0.39, 0.29) is 12.1 Å². The largest absolute Gasteiger partial charge is 0.481 e. The minimum atomic E-state index is -0.877. The van der Waals surface area contributed by atoms with Crippen LogP contribution in [-0.2, 0) is 14.3 Å². The fourth-order valence-electron chi connectivity index (χ4n) is 6.24. The number of unbranched alkanes of at least 4 members (excludes halogenated alkanes) is 18. The van der Waals surface area contributed by atoms with Crippen LogP contribution in [0.1, 0.15) is 188 Å². The van der Waals surface area contributed by atoms with Crippen molar-refractivity contribution in [2.75, 3.05) is 0 Å². The number of hydrogen-bond donors (Lipinski definition) is 1. The highest BCUT2D eigenvalue weighted by Gasteiger charge is 2.48. The van der Waals surface area contributed by atoms with Gasteiger partial charge in [-0.2, -0.15) is 0 Å². The lowest BCUT2D eigenvalue weighted by Gasteiger charge is -2.37. The van der Waals surface area contributed by atoms with Gasteiger partial charge in [-0.25, -0.2) is 0 Å². The van der Waals surface area contributed by atoms with E-state index >= 15 is 0 Å². The Morgan fingerprint density at radius 2 is 1.08 bits per heavy atom. The Balaban J connectivity index is 2.42. The first-order valence-corrected chi connectivity index (χ1v) is 16.9. The zero-order valence-corrected chi connectivity index (χ0v) is 25.7. The topological polar surface area (TPSA) is 63.6 Å². The molecule has 1 fully saturated rings. The number of carbonyl (C=O) groups is 2. The molecular weight excluding hydrogens is 472 g/mol. The average molecular weight is 537 g/mol. The first kappa shape index (κ1) is 35.0. The summed E-state index contributed by atoms with van der Waals surface area (Å²) >= 11 is 0. The number of ether oxygens (including phenoxy) is 1. The molecule has 4 nitrogen and oxygen atoms in total. The molecule has 0 aromatic carbocycles. The molecule has 1 N–H and O–H groups in total. The third-order valence-corrected chi connectivity index (χ3v) is 9.01. The molecule has 224 valence electrons. The predicted molar refractivity (Wildman–Crippen MR) is 161 cm³/mol. The number of esters is 1. The molecule has 0 spiro atoms. The highest BCUT2D eigenvalue weighted by atomic mass is 16.5. The highest BCUT2D eigenvalue weighted by Crippen LogP contribution is 2.42. The van der Waals surface area contributed by atoms with Crippen LogP contribution in [0.3, 0.4) is 0 Å². The van der Waals surface area contributed by atoms with Gasteiger partial charge in [0.2, 0.25) is 0 Å². The van der Waals surface area contributed by atoms with Crippen LogP contribution in [0.25, 0.3) is 0 Å². The molecule has 0 amide bonds. The van der Waals surface area contributed by atoms with Crippen molar-refractivity contribution in [3.63, 3.8) is 0 Å². The molecule has 0 saturated heterocycles. The minimum Gasteiger partial charge on any atom is -0.481 e. The van der Waals surface area contributed by atoms with Crippen molar-refractivity contribution >= 4 is 11.9 Å². The Hall–Kier alpha value is -1.06. The third kappa shape index (κ3) is 15.5. The summed E-state index contributed by atoms with van der Waals surface area (Å²) < 4.78 is 6.13. The molecular formula is C34H64O4. The second kappa shape index (κ2) is 22.7. The molecule has 1 rings (SSSR count). The Morgan fingerprint density at radius 1 is 0.684 bits per heavy atom. The maximum Gasteiger partial charge on any atom is 0.312 e. The lowest BCUT2D eigenvalue weighted by atomic mass is 9.67. The van der Waals surface area contributed by atoms with Gasteiger partial charge >= 0.3 is 11.9 Å². The van der Waals surface area contributed by atoms with Crippen LogP contribution in [0.15, 0.2) is 0 Å². The molecule has 0 bridgehead atoms. The van der Waals surface area contributed by atoms with Crippen LogP contribution in [0.2, 0.25) is 0 Å². The van der Waals surface area contributed by atoms with Crippen LogP contribution in [-0.4, -0.2) is 23.1 Å². The predicted octanol–water partition coefficient (Wildman–Crippen LogP) is 10.8. The molecule has 1 aliphatic carbocycles. The van der Waals surface area contributed by atoms with Crippen LogP contribution in [0, 0.1) is 11.3 Å². The van der Waals surface area contributed by atoms with E-state index in [0.717, 1.165) is 38.5 Å². The zero-order valence-electron chi connectivity index (χ0n) is 25.7. The zero-order chi connectivity index (χ0) is 27.9. The smallest absolute Gasteiger partial charge is 0.312 e. The van der Waals surface area contributed by atoms with Gasteiger partial charge in [0, 0.05) is 0 Å². The van der Waals surface area contributed by atoms with Crippen molar-refractivity contribution in [3.05, 3.63) is 0 Å².